The van der Waals surface area contributed by atoms with Gasteiger partial charge in [-0.3, -0.25) is 4.79 Å². The van der Waals surface area contributed by atoms with Gasteiger partial charge < -0.3 is 19.2 Å². The molecular weight excluding hydrogens is 404 g/mol. The summed E-state index contributed by atoms with van der Waals surface area (Å²) in [5, 5.41) is 3.32. The van der Waals surface area contributed by atoms with E-state index in [4.69, 9.17) is 25.5 Å². The lowest BCUT2D eigenvalue weighted by Gasteiger charge is -2.13. The summed E-state index contributed by atoms with van der Waals surface area (Å²) in [5.41, 5.74) is 3.90. The van der Waals surface area contributed by atoms with Crippen molar-refractivity contribution in [3.63, 3.8) is 0 Å². The monoisotopic (exact) mass is 422 g/mol. The predicted molar refractivity (Wildman–Crippen MR) is 117 cm³/mol. The summed E-state index contributed by atoms with van der Waals surface area (Å²) in [4.78, 5) is 17.5. The number of aromatic nitrogens is 1. The molecule has 30 heavy (non-hydrogen) atoms. The average Bonchev–Trinajstić information content (AvgIpc) is 3.17. The van der Waals surface area contributed by atoms with E-state index in [0.29, 0.717) is 44.8 Å². The molecule has 0 atom stereocenters. The molecule has 0 aliphatic heterocycles. The number of carbonyl (C=O) groups is 1. The standard InChI is InChI=1S/C23H19ClN2O4/c1-13-7-10-17-20(11-13)30-23(26-17)15-12-14(8-9-16(15)24)25-22(27)21-18(28-2)5-4-6-19(21)29-3/h4-12H,1-3H3,(H,25,27). The van der Waals surface area contributed by atoms with E-state index in [1.807, 2.05) is 25.1 Å². The highest BCUT2D eigenvalue weighted by atomic mass is 35.5. The number of hydrogen-bond donors (Lipinski definition) is 1. The summed E-state index contributed by atoms with van der Waals surface area (Å²) in [6.45, 7) is 1.98. The van der Waals surface area contributed by atoms with E-state index in [9.17, 15) is 4.79 Å². The fourth-order valence-corrected chi connectivity index (χ4v) is 3.38. The first-order valence-corrected chi connectivity index (χ1v) is 9.57. The third-order valence-corrected chi connectivity index (χ3v) is 4.98. The fraction of sp³-hybridized carbons (Fsp3) is 0.130. The molecule has 1 aromatic heterocycles. The number of rotatable bonds is 5. The quantitative estimate of drug-likeness (QED) is 0.444. The minimum Gasteiger partial charge on any atom is -0.496 e. The van der Waals surface area contributed by atoms with Gasteiger partial charge in [-0.15, -0.1) is 0 Å². The van der Waals surface area contributed by atoms with Gasteiger partial charge in [0.1, 0.15) is 22.6 Å². The van der Waals surface area contributed by atoms with Crippen LogP contribution in [0.25, 0.3) is 22.6 Å². The van der Waals surface area contributed by atoms with E-state index in [1.54, 1.807) is 36.4 Å². The molecule has 4 aromatic rings. The average molecular weight is 423 g/mol. The first-order valence-electron chi connectivity index (χ1n) is 9.19. The smallest absolute Gasteiger partial charge is 0.263 e. The van der Waals surface area contributed by atoms with Crippen LogP contribution in [0.1, 0.15) is 15.9 Å². The van der Waals surface area contributed by atoms with E-state index < -0.39 is 0 Å². The number of benzene rings is 3. The third kappa shape index (κ3) is 3.69. The van der Waals surface area contributed by atoms with Gasteiger partial charge in [-0.05, 0) is 55.0 Å². The number of nitrogens with zero attached hydrogens (tertiary/aromatic N) is 1. The Hall–Kier alpha value is -3.51. The second-order valence-corrected chi connectivity index (χ2v) is 7.08. The minimum atomic E-state index is -0.370. The molecule has 152 valence electrons. The number of halogens is 1. The summed E-state index contributed by atoms with van der Waals surface area (Å²) in [7, 11) is 3.00. The van der Waals surface area contributed by atoms with E-state index in [2.05, 4.69) is 10.3 Å². The zero-order valence-corrected chi connectivity index (χ0v) is 17.4. The van der Waals surface area contributed by atoms with Gasteiger partial charge >= 0.3 is 0 Å². The van der Waals surface area contributed by atoms with Crippen molar-refractivity contribution in [1.29, 1.82) is 0 Å². The largest absolute Gasteiger partial charge is 0.496 e. The van der Waals surface area contributed by atoms with Gasteiger partial charge in [0.05, 0.1) is 24.8 Å². The third-order valence-electron chi connectivity index (χ3n) is 4.65. The summed E-state index contributed by atoms with van der Waals surface area (Å²) >= 11 is 6.39. The maximum atomic E-state index is 12.9. The molecule has 0 saturated carbocycles. The summed E-state index contributed by atoms with van der Waals surface area (Å²) < 4.78 is 16.5. The van der Waals surface area contributed by atoms with Gasteiger partial charge in [0.15, 0.2) is 5.58 Å². The fourth-order valence-electron chi connectivity index (χ4n) is 3.18. The minimum absolute atomic E-state index is 0.302. The van der Waals surface area contributed by atoms with Crippen LogP contribution in [0.2, 0.25) is 5.02 Å². The van der Waals surface area contributed by atoms with Crippen LogP contribution in [0.3, 0.4) is 0 Å². The van der Waals surface area contributed by atoms with Crippen molar-refractivity contribution < 1.29 is 18.7 Å². The highest BCUT2D eigenvalue weighted by Gasteiger charge is 2.19. The highest BCUT2D eigenvalue weighted by molar-refractivity contribution is 6.33. The van der Waals surface area contributed by atoms with Gasteiger partial charge in [-0.1, -0.05) is 23.7 Å². The number of nitrogens with one attached hydrogen (secondary N) is 1. The van der Waals surface area contributed by atoms with Crippen LogP contribution >= 0.6 is 11.6 Å². The molecule has 0 bridgehead atoms. The van der Waals surface area contributed by atoms with Crippen molar-refractivity contribution >= 4 is 34.3 Å². The number of hydrogen-bond acceptors (Lipinski definition) is 5. The van der Waals surface area contributed by atoms with Crippen LogP contribution in [0.15, 0.2) is 59.0 Å². The molecule has 4 rings (SSSR count). The molecule has 0 aliphatic carbocycles. The first kappa shape index (κ1) is 19.8. The summed E-state index contributed by atoms with van der Waals surface area (Å²) in [6, 6.07) is 16.0. The van der Waals surface area contributed by atoms with E-state index in [-0.39, 0.29) is 5.91 Å². The molecule has 0 unspecified atom stereocenters. The maximum Gasteiger partial charge on any atom is 0.263 e. The molecule has 0 aliphatic rings. The lowest BCUT2D eigenvalue weighted by molar-refractivity contribution is 0.102. The molecule has 0 radical (unpaired) electrons. The van der Waals surface area contributed by atoms with Gasteiger partial charge in [-0.2, -0.15) is 0 Å². The van der Waals surface area contributed by atoms with E-state index >= 15 is 0 Å². The van der Waals surface area contributed by atoms with E-state index in [0.717, 1.165) is 11.1 Å². The van der Waals surface area contributed by atoms with Crippen LogP contribution in [-0.4, -0.2) is 25.1 Å². The number of anilines is 1. The zero-order valence-electron chi connectivity index (χ0n) is 16.7. The van der Waals surface area contributed by atoms with Crippen molar-refractivity contribution in [2.24, 2.45) is 0 Å². The van der Waals surface area contributed by atoms with Gasteiger partial charge in [0.2, 0.25) is 5.89 Å². The van der Waals surface area contributed by atoms with Crippen molar-refractivity contribution in [3.05, 3.63) is 70.7 Å². The van der Waals surface area contributed by atoms with Crippen molar-refractivity contribution in [1.82, 2.24) is 4.98 Å². The lowest BCUT2D eigenvalue weighted by Crippen LogP contribution is -2.14. The Morgan fingerprint density at radius 2 is 1.77 bits per heavy atom. The highest BCUT2D eigenvalue weighted by Crippen LogP contribution is 2.34. The molecule has 1 amide bonds. The van der Waals surface area contributed by atoms with Crippen molar-refractivity contribution in [3.8, 4) is 23.0 Å². The first-order chi connectivity index (χ1) is 14.5. The van der Waals surface area contributed by atoms with Crippen LogP contribution in [0, 0.1) is 6.92 Å². The second-order valence-electron chi connectivity index (χ2n) is 6.68. The van der Waals surface area contributed by atoms with Crippen molar-refractivity contribution in [2.45, 2.75) is 6.92 Å². The molecule has 0 spiro atoms. The topological polar surface area (TPSA) is 73.6 Å². The molecular formula is C23H19ClN2O4. The molecule has 0 saturated heterocycles. The Labute approximate surface area is 178 Å². The Kier molecular flexibility index (Phi) is 5.33. The number of fused-ring (bicyclic) bond motifs is 1. The number of methoxy groups -OCH3 is 2. The number of aryl methyl sites for hydroxylation is 1. The number of oxazole rings is 1. The normalized spacial score (nSPS) is 10.8. The van der Waals surface area contributed by atoms with Gasteiger partial charge in [-0.25, -0.2) is 4.98 Å². The molecule has 1 N–H and O–H groups in total. The summed E-state index contributed by atoms with van der Waals surface area (Å²) in [5.74, 6) is 0.836. The molecule has 3 aromatic carbocycles. The number of carbonyl (C=O) groups excluding carboxylic acids is 1. The second kappa shape index (κ2) is 8.08. The zero-order chi connectivity index (χ0) is 21.3. The predicted octanol–water partition coefficient (Wildman–Crippen LogP) is 5.73. The SMILES string of the molecule is COc1cccc(OC)c1C(=O)Nc1ccc(Cl)c(-c2nc3ccc(C)cc3o2)c1. The molecule has 7 heteroatoms. The van der Waals surface area contributed by atoms with Crippen LogP contribution < -0.4 is 14.8 Å². The lowest BCUT2D eigenvalue weighted by atomic mass is 10.1. The Morgan fingerprint density at radius 1 is 1.03 bits per heavy atom. The van der Waals surface area contributed by atoms with Crippen LogP contribution in [0.4, 0.5) is 5.69 Å². The van der Waals surface area contributed by atoms with Gasteiger partial charge in [0, 0.05) is 5.69 Å². The van der Waals surface area contributed by atoms with E-state index in [1.165, 1.54) is 14.2 Å². The summed E-state index contributed by atoms with van der Waals surface area (Å²) in [6.07, 6.45) is 0. The van der Waals surface area contributed by atoms with Gasteiger partial charge in [0.25, 0.3) is 5.91 Å². The van der Waals surface area contributed by atoms with Crippen LogP contribution in [0.5, 0.6) is 11.5 Å². The Morgan fingerprint density at radius 3 is 2.47 bits per heavy atom. The number of amides is 1. The molecule has 6 nitrogen and oxygen atoms in total. The van der Waals surface area contributed by atoms with Crippen molar-refractivity contribution in [2.75, 3.05) is 19.5 Å². The Bertz CT molecular complexity index is 1230. The maximum absolute atomic E-state index is 12.9. The number of ether oxygens (including phenoxy) is 2. The molecule has 0 fully saturated rings. The van der Waals surface area contributed by atoms with Crippen LogP contribution in [-0.2, 0) is 0 Å². The Balaban J connectivity index is 1.69. The molecule has 1 heterocycles.